The van der Waals surface area contributed by atoms with E-state index in [1.54, 1.807) is 0 Å². The van der Waals surface area contributed by atoms with Gasteiger partial charge < -0.3 is 14.6 Å². The zero-order valence-electron chi connectivity index (χ0n) is 12.7. The number of aromatic nitrogens is 1. The van der Waals surface area contributed by atoms with Gasteiger partial charge in [0.25, 0.3) is 5.91 Å². The van der Waals surface area contributed by atoms with Gasteiger partial charge in [-0.25, -0.2) is 0 Å². The first-order valence-corrected chi connectivity index (χ1v) is 7.58. The van der Waals surface area contributed by atoms with E-state index in [0.717, 1.165) is 42.7 Å². The first kappa shape index (κ1) is 14.1. The summed E-state index contributed by atoms with van der Waals surface area (Å²) in [6.45, 7) is 4.49. The standard InChI is InChI=1S/C17H22N2O2/c1-12-4-3-5-15-14(12)10-16(19(15)2)17(20)18-8-6-13-7-9-21-11-13/h3-5,10,13H,6-9,11H2,1-2H3,(H,18,20). The van der Waals surface area contributed by atoms with Gasteiger partial charge in [-0.05, 0) is 43.4 Å². The second-order valence-electron chi connectivity index (χ2n) is 5.87. The van der Waals surface area contributed by atoms with Gasteiger partial charge in [-0.1, -0.05) is 12.1 Å². The van der Waals surface area contributed by atoms with Gasteiger partial charge in [-0.3, -0.25) is 4.79 Å². The van der Waals surface area contributed by atoms with Crippen molar-refractivity contribution < 1.29 is 9.53 Å². The molecule has 4 heteroatoms. The number of carbonyl (C=O) groups excluding carboxylic acids is 1. The molecule has 1 amide bonds. The highest BCUT2D eigenvalue weighted by Crippen LogP contribution is 2.22. The van der Waals surface area contributed by atoms with Gasteiger partial charge in [0, 0.05) is 37.7 Å². The molecule has 4 nitrogen and oxygen atoms in total. The smallest absolute Gasteiger partial charge is 0.267 e. The maximum absolute atomic E-state index is 12.4. The molecule has 0 aliphatic carbocycles. The Bertz CT molecular complexity index is 654. The van der Waals surface area contributed by atoms with Crippen LogP contribution in [-0.2, 0) is 11.8 Å². The average Bonchev–Trinajstić information content (AvgIpc) is 3.08. The van der Waals surface area contributed by atoms with Crippen LogP contribution < -0.4 is 5.32 Å². The number of fused-ring (bicyclic) bond motifs is 1. The molecular formula is C17H22N2O2. The zero-order chi connectivity index (χ0) is 14.8. The molecular weight excluding hydrogens is 264 g/mol. The van der Waals surface area contributed by atoms with Crippen LogP contribution >= 0.6 is 0 Å². The molecule has 112 valence electrons. The van der Waals surface area contributed by atoms with Crippen LogP contribution in [0, 0.1) is 12.8 Å². The third kappa shape index (κ3) is 2.81. The minimum atomic E-state index is 0.00650. The van der Waals surface area contributed by atoms with Gasteiger partial charge >= 0.3 is 0 Å². The predicted molar refractivity (Wildman–Crippen MR) is 83.5 cm³/mol. The summed E-state index contributed by atoms with van der Waals surface area (Å²) < 4.78 is 7.32. The Balaban J connectivity index is 1.69. The Morgan fingerprint density at radius 1 is 1.48 bits per heavy atom. The molecule has 1 atom stereocenters. The lowest BCUT2D eigenvalue weighted by Gasteiger charge is -2.09. The van der Waals surface area contributed by atoms with Crippen molar-refractivity contribution in [2.75, 3.05) is 19.8 Å². The van der Waals surface area contributed by atoms with Gasteiger partial charge in [0.15, 0.2) is 0 Å². The molecule has 1 N–H and O–H groups in total. The van der Waals surface area contributed by atoms with Crippen molar-refractivity contribution in [3.8, 4) is 0 Å². The lowest BCUT2D eigenvalue weighted by atomic mass is 10.1. The number of benzene rings is 1. The summed E-state index contributed by atoms with van der Waals surface area (Å²) >= 11 is 0. The van der Waals surface area contributed by atoms with Crippen molar-refractivity contribution in [3.63, 3.8) is 0 Å². The number of aryl methyl sites for hydroxylation is 2. The van der Waals surface area contributed by atoms with Gasteiger partial charge in [-0.2, -0.15) is 0 Å². The molecule has 1 aromatic carbocycles. The molecule has 1 aliphatic rings. The van der Waals surface area contributed by atoms with Crippen LogP contribution in [0.15, 0.2) is 24.3 Å². The van der Waals surface area contributed by atoms with E-state index < -0.39 is 0 Å². The predicted octanol–water partition coefficient (Wildman–Crippen LogP) is 2.64. The van der Waals surface area contributed by atoms with E-state index in [1.165, 1.54) is 5.56 Å². The SMILES string of the molecule is Cc1cccc2c1cc(C(=O)NCCC1CCOC1)n2C. The van der Waals surface area contributed by atoms with Gasteiger partial charge in [0.1, 0.15) is 5.69 Å². The molecule has 1 saturated heterocycles. The first-order chi connectivity index (χ1) is 10.2. The minimum Gasteiger partial charge on any atom is -0.381 e. The Hall–Kier alpha value is -1.81. The highest BCUT2D eigenvalue weighted by atomic mass is 16.5. The number of hydrogen-bond acceptors (Lipinski definition) is 2. The summed E-state index contributed by atoms with van der Waals surface area (Å²) in [4.78, 5) is 12.4. The van der Waals surface area contributed by atoms with Crippen LogP contribution in [0.3, 0.4) is 0 Å². The molecule has 0 saturated carbocycles. The van der Waals surface area contributed by atoms with Crippen LogP contribution in [0.2, 0.25) is 0 Å². The molecule has 1 aliphatic heterocycles. The minimum absolute atomic E-state index is 0.00650. The third-order valence-electron chi connectivity index (χ3n) is 4.40. The van der Waals surface area contributed by atoms with Crippen molar-refractivity contribution in [3.05, 3.63) is 35.5 Å². The highest BCUT2D eigenvalue weighted by molar-refractivity contribution is 5.99. The molecule has 1 aromatic heterocycles. The van der Waals surface area contributed by atoms with Gasteiger partial charge in [-0.15, -0.1) is 0 Å². The summed E-state index contributed by atoms with van der Waals surface area (Å²) in [6, 6.07) is 8.14. The molecule has 1 fully saturated rings. The number of amides is 1. The van der Waals surface area contributed by atoms with Crippen molar-refractivity contribution in [1.29, 1.82) is 0 Å². The number of nitrogens with zero attached hydrogens (tertiary/aromatic N) is 1. The summed E-state index contributed by atoms with van der Waals surface area (Å²) in [5.41, 5.74) is 3.02. The number of carbonyl (C=O) groups is 1. The van der Waals surface area contributed by atoms with E-state index in [2.05, 4.69) is 24.4 Å². The van der Waals surface area contributed by atoms with Crippen LogP contribution in [-0.4, -0.2) is 30.2 Å². The van der Waals surface area contributed by atoms with Crippen LogP contribution in [0.4, 0.5) is 0 Å². The largest absolute Gasteiger partial charge is 0.381 e. The van der Waals surface area contributed by atoms with E-state index in [0.29, 0.717) is 12.5 Å². The molecule has 1 unspecified atom stereocenters. The Labute approximate surface area is 125 Å². The Morgan fingerprint density at radius 2 is 2.33 bits per heavy atom. The summed E-state index contributed by atoms with van der Waals surface area (Å²) in [6.07, 6.45) is 2.11. The lowest BCUT2D eigenvalue weighted by molar-refractivity contribution is 0.0942. The third-order valence-corrected chi connectivity index (χ3v) is 4.40. The maximum Gasteiger partial charge on any atom is 0.267 e. The van der Waals surface area contributed by atoms with Crippen LogP contribution in [0.5, 0.6) is 0 Å². The molecule has 21 heavy (non-hydrogen) atoms. The normalized spacial score (nSPS) is 18.3. The fraction of sp³-hybridized carbons (Fsp3) is 0.471. The second-order valence-corrected chi connectivity index (χ2v) is 5.87. The van der Waals surface area contributed by atoms with E-state index in [1.807, 2.05) is 23.7 Å². The Morgan fingerprint density at radius 3 is 3.05 bits per heavy atom. The second kappa shape index (κ2) is 5.90. The van der Waals surface area contributed by atoms with Gasteiger partial charge in [0.2, 0.25) is 0 Å². The monoisotopic (exact) mass is 286 g/mol. The van der Waals surface area contributed by atoms with E-state index in [9.17, 15) is 4.79 Å². The number of nitrogens with one attached hydrogen (secondary N) is 1. The average molecular weight is 286 g/mol. The van der Waals surface area contributed by atoms with Crippen molar-refractivity contribution >= 4 is 16.8 Å². The maximum atomic E-state index is 12.4. The van der Waals surface area contributed by atoms with Crippen LogP contribution in [0.1, 0.15) is 28.9 Å². The lowest BCUT2D eigenvalue weighted by Crippen LogP contribution is -2.27. The number of rotatable bonds is 4. The number of ether oxygens (including phenoxy) is 1. The molecule has 0 spiro atoms. The zero-order valence-corrected chi connectivity index (χ0v) is 12.7. The Kier molecular flexibility index (Phi) is 3.97. The topological polar surface area (TPSA) is 43.3 Å². The highest BCUT2D eigenvalue weighted by Gasteiger charge is 2.17. The summed E-state index contributed by atoms with van der Waals surface area (Å²) in [7, 11) is 1.95. The number of hydrogen-bond donors (Lipinski definition) is 1. The molecule has 3 rings (SSSR count). The van der Waals surface area contributed by atoms with Crippen molar-refractivity contribution in [2.45, 2.75) is 19.8 Å². The fourth-order valence-corrected chi connectivity index (χ4v) is 3.02. The summed E-state index contributed by atoms with van der Waals surface area (Å²) in [5.74, 6) is 0.604. The van der Waals surface area contributed by atoms with E-state index >= 15 is 0 Å². The molecule has 2 heterocycles. The first-order valence-electron chi connectivity index (χ1n) is 7.58. The summed E-state index contributed by atoms with van der Waals surface area (Å²) in [5, 5.41) is 4.18. The van der Waals surface area contributed by atoms with E-state index in [4.69, 9.17) is 4.74 Å². The van der Waals surface area contributed by atoms with Crippen molar-refractivity contribution in [2.24, 2.45) is 13.0 Å². The van der Waals surface area contributed by atoms with E-state index in [-0.39, 0.29) is 5.91 Å². The fourth-order valence-electron chi connectivity index (χ4n) is 3.02. The van der Waals surface area contributed by atoms with Gasteiger partial charge in [0.05, 0.1) is 0 Å². The quantitative estimate of drug-likeness (QED) is 0.939. The van der Waals surface area contributed by atoms with Crippen LogP contribution in [0.25, 0.3) is 10.9 Å². The molecule has 2 aromatic rings. The molecule has 0 bridgehead atoms. The van der Waals surface area contributed by atoms with Crippen molar-refractivity contribution in [1.82, 2.24) is 9.88 Å². The molecule has 0 radical (unpaired) electrons.